The third-order valence-electron chi connectivity index (χ3n) is 6.38. The SMILES string of the molecule is CCN(CC1(N)C2CCOC2C1(C)C)C1CCCC1. The molecule has 19 heavy (non-hydrogen) atoms. The second kappa shape index (κ2) is 4.71. The van der Waals surface area contributed by atoms with Gasteiger partial charge in [-0.3, -0.25) is 4.90 Å². The zero-order valence-electron chi connectivity index (χ0n) is 12.8. The van der Waals surface area contributed by atoms with Crippen molar-refractivity contribution in [3.8, 4) is 0 Å². The van der Waals surface area contributed by atoms with Gasteiger partial charge in [-0.15, -0.1) is 0 Å². The van der Waals surface area contributed by atoms with Crippen LogP contribution < -0.4 is 5.73 Å². The zero-order valence-corrected chi connectivity index (χ0v) is 12.8. The van der Waals surface area contributed by atoms with Crippen LogP contribution in [-0.2, 0) is 4.74 Å². The van der Waals surface area contributed by atoms with Crippen LogP contribution in [0.1, 0.15) is 52.9 Å². The van der Waals surface area contributed by atoms with E-state index in [1.807, 2.05) is 0 Å². The molecule has 1 heterocycles. The first kappa shape index (κ1) is 13.8. The number of hydrogen-bond donors (Lipinski definition) is 1. The van der Waals surface area contributed by atoms with Gasteiger partial charge in [0.15, 0.2) is 0 Å². The van der Waals surface area contributed by atoms with Crippen molar-refractivity contribution < 1.29 is 4.74 Å². The fraction of sp³-hybridized carbons (Fsp3) is 1.00. The molecule has 2 aliphatic carbocycles. The highest BCUT2D eigenvalue weighted by atomic mass is 16.5. The molecular weight excluding hydrogens is 236 g/mol. The fourth-order valence-corrected chi connectivity index (χ4v) is 4.90. The van der Waals surface area contributed by atoms with E-state index in [2.05, 4.69) is 25.7 Å². The van der Waals surface area contributed by atoms with E-state index in [0.29, 0.717) is 12.0 Å². The van der Waals surface area contributed by atoms with Gasteiger partial charge in [-0.2, -0.15) is 0 Å². The highest BCUT2D eigenvalue weighted by Gasteiger charge is 2.67. The summed E-state index contributed by atoms with van der Waals surface area (Å²) in [7, 11) is 0. The van der Waals surface area contributed by atoms with Gasteiger partial charge in [0.25, 0.3) is 0 Å². The standard InChI is InChI=1S/C16H30N2O/c1-4-18(12-7-5-6-8-12)11-16(17)13-9-10-19-14(13)15(16,2)3/h12-14H,4-11,17H2,1-3H3. The molecule has 2 N–H and O–H groups in total. The largest absolute Gasteiger partial charge is 0.377 e. The monoisotopic (exact) mass is 266 g/mol. The molecule has 0 radical (unpaired) electrons. The lowest BCUT2D eigenvalue weighted by Crippen LogP contribution is -2.78. The first-order valence-electron chi connectivity index (χ1n) is 8.15. The quantitative estimate of drug-likeness (QED) is 0.849. The Kier molecular flexibility index (Phi) is 3.43. The normalized spacial score (nSPS) is 41.5. The second-order valence-corrected chi connectivity index (χ2v) is 7.45. The Morgan fingerprint density at radius 1 is 1.21 bits per heavy atom. The summed E-state index contributed by atoms with van der Waals surface area (Å²) in [5, 5.41) is 0. The van der Waals surface area contributed by atoms with Gasteiger partial charge in [-0.25, -0.2) is 0 Å². The Morgan fingerprint density at radius 3 is 2.53 bits per heavy atom. The van der Waals surface area contributed by atoms with Crippen molar-refractivity contribution in [2.75, 3.05) is 19.7 Å². The lowest BCUT2D eigenvalue weighted by atomic mass is 9.48. The van der Waals surface area contributed by atoms with Crippen molar-refractivity contribution in [2.45, 2.75) is 70.6 Å². The van der Waals surface area contributed by atoms with Crippen molar-refractivity contribution >= 4 is 0 Å². The third kappa shape index (κ3) is 1.89. The van der Waals surface area contributed by atoms with Gasteiger partial charge in [0.1, 0.15) is 0 Å². The summed E-state index contributed by atoms with van der Waals surface area (Å²) < 4.78 is 5.90. The first-order valence-corrected chi connectivity index (χ1v) is 8.15. The molecule has 3 heteroatoms. The van der Waals surface area contributed by atoms with Gasteiger partial charge in [-0.05, 0) is 25.8 Å². The molecule has 0 bridgehead atoms. The first-order chi connectivity index (χ1) is 9.00. The average Bonchev–Trinajstić information content (AvgIpc) is 3.04. The number of likely N-dealkylation sites (N-methyl/N-ethyl adjacent to an activating group) is 1. The minimum absolute atomic E-state index is 0.0488. The average molecular weight is 266 g/mol. The molecule has 1 aliphatic heterocycles. The van der Waals surface area contributed by atoms with Crippen molar-refractivity contribution in [3.05, 3.63) is 0 Å². The maximum absolute atomic E-state index is 6.89. The second-order valence-electron chi connectivity index (χ2n) is 7.45. The molecule has 0 aromatic heterocycles. The van der Waals surface area contributed by atoms with Crippen LogP contribution in [0, 0.1) is 11.3 Å². The highest BCUT2D eigenvalue weighted by molar-refractivity contribution is 5.21. The van der Waals surface area contributed by atoms with Gasteiger partial charge in [-0.1, -0.05) is 33.6 Å². The van der Waals surface area contributed by atoms with E-state index >= 15 is 0 Å². The molecule has 3 unspecified atom stereocenters. The Bertz CT molecular complexity index is 338. The molecule has 3 fully saturated rings. The Balaban J connectivity index is 1.73. The summed E-state index contributed by atoms with van der Waals surface area (Å²) in [5.74, 6) is 0.581. The Labute approximate surface area is 117 Å². The Hall–Kier alpha value is -0.120. The summed E-state index contributed by atoms with van der Waals surface area (Å²) in [4.78, 5) is 2.66. The van der Waals surface area contributed by atoms with E-state index in [4.69, 9.17) is 10.5 Å². The van der Waals surface area contributed by atoms with Crippen LogP contribution in [0.15, 0.2) is 0 Å². The lowest BCUT2D eigenvalue weighted by molar-refractivity contribution is -0.165. The van der Waals surface area contributed by atoms with Crippen LogP contribution in [0.3, 0.4) is 0 Å². The number of hydrogen-bond acceptors (Lipinski definition) is 3. The van der Waals surface area contributed by atoms with E-state index in [0.717, 1.165) is 32.2 Å². The Morgan fingerprint density at radius 2 is 1.89 bits per heavy atom. The highest BCUT2D eigenvalue weighted by Crippen LogP contribution is 2.58. The van der Waals surface area contributed by atoms with E-state index < -0.39 is 0 Å². The molecule has 0 aromatic carbocycles. The van der Waals surface area contributed by atoms with Crippen LogP contribution in [0.5, 0.6) is 0 Å². The van der Waals surface area contributed by atoms with Crippen molar-refractivity contribution in [2.24, 2.45) is 17.1 Å². The van der Waals surface area contributed by atoms with Crippen molar-refractivity contribution in [1.29, 1.82) is 0 Å². The summed E-state index contributed by atoms with van der Waals surface area (Å²) in [6.07, 6.45) is 7.10. The molecule has 3 atom stereocenters. The molecule has 3 rings (SSSR count). The predicted octanol–water partition coefficient (Wildman–Crippen LogP) is 2.39. The lowest BCUT2D eigenvalue weighted by Gasteiger charge is -2.63. The molecule has 0 aromatic rings. The van der Waals surface area contributed by atoms with Gasteiger partial charge < -0.3 is 10.5 Å². The van der Waals surface area contributed by atoms with Gasteiger partial charge in [0, 0.05) is 36.1 Å². The topological polar surface area (TPSA) is 38.5 Å². The van der Waals surface area contributed by atoms with E-state index in [9.17, 15) is 0 Å². The maximum atomic E-state index is 6.89. The molecule has 2 saturated carbocycles. The fourth-order valence-electron chi connectivity index (χ4n) is 4.90. The van der Waals surface area contributed by atoms with Gasteiger partial charge in [0.2, 0.25) is 0 Å². The molecule has 3 aliphatic rings. The van der Waals surface area contributed by atoms with E-state index in [-0.39, 0.29) is 11.0 Å². The maximum Gasteiger partial charge on any atom is 0.0691 e. The zero-order chi connectivity index (χ0) is 13.7. The molecule has 0 amide bonds. The van der Waals surface area contributed by atoms with Crippen LogP contribution in [-0.4, -0.2) is 42.3 Å². The number of ether oxygens (including phenoxy) is 1. The van der Waals surface area contributed by atoms with Crippen LogP contribution in [0.25, 0.3) is 0 Å². The van der Waals surface area contributed by atoms with Crippen LogP contribution in [0.2, 0.25) is 0 Å². The van der Waals surface area contributed by atoms with Crippen molar-refractivity contribution in [3.63, 3.8) is 0 Å². The molecule has 1 saturated heterocycles. The number of nitrogens with zero attached hydrogens (tertiary/aromatic N) is 1. The molecule has 110 valence electrons. The molecule has 3 nitrogen and oxygen atoms in total. The minimum Gasteiger partial charge on any atom is -0.377 e. The van der Waals surface area contributed by atoms with Gasteiger partial charge in [0.05, 0.1) is 6.10 Å². The summed E-state index contributed by atoms with van der Waals surface area (Å²) in [6.45, 7) is 10.0. The predicted molar refractivity (Wildman–Crippen MR) is 78.0 cm³/mol. The van der Waals surface area contributed by atoms with Crippen LogP contribution in [0.4, 0.5) is 0 Å². The minimum atomic E-state index is -0.0488. The summed E-state index contributed by atoms with van der Waals surface area (Å²) in [6, 6.07) is 0.780. The van der Waals surface area contributed by atoms with E-state index in [1.165, 1.54) is 25.7 Å². The molecule has 0 spiro atoms. The van der Waals surface area contributed by atoms with Crippen LogP contribution >= 0.6 is 0 Å². The number of rotatable bonds is 4. The molecular formula is C16H30N2O. The number of fused-ring (bicyclic) bond motifs is 1. The summed E-state index contributed by atoms with van der Waals surface area (Å²) in [5.41, 5.74) is 6.96. The van der Waals surface area contributed by atoms with Crippen molar-refractivity contribution in [1.82, 2.24) is 4.90 Å². The third-order valence-corrected chi connectivity index (χ3v) is 6.38. The van der Waals surface area contributed by atoms with Gasteiger partial charge >= 0.3 is 0 Å². The smallest absolute Gasteiger partial charge is 0.0691 e. The van der Waals surface area contributed by atoms with E-state index in [1.54, 1.807) is 0 Å². The summed E-state index contributed by atoms with van der Waals surface area (Å²) >= 11 is 0. The number of nitrogens with two attached hydrogens (primary N) is 1.